The van der Waals surface area contributed by atoms with Gasteiger partial charge in [0.05, 0.1) is 5.70 Å². The highest BCUT2D eigenvalue weighted by Crippen LogP contribution is 1.80. The highest BCUT2D eigenvalue weighted by atomic mass is 16.3. The number of rotatable bonds is 1. The van der Waals surface area contributed by atoms with Gasteiger partial charge < -0.3 is 0 Å². The number of nitrogens with zero attached hydrogens (tertiary/aromatic N) is 1. The van der Waals surface area contributed by atoms with E-state index in [2.05, 4.69) is 18.7 Å². The summed E-state index contributed by atoms with van der Waals surface area (Å²) < 4.78 is 0. The minimum atomic E-state index is 0.0741. The van der Waals surface area contributed by atoms with Gasteiger partial charge in [0.2, 0.25) is 0 Å². The zero-order valence-electron chi connectivity index (χ0n) is 2.77. The van der Waals surface area contributed by atoms with Crippen molar-refractivity contribution >= 4 is 0 Å². The van der Waals surface area contributed by atoms with Crippen LogP contribution in [0.1, 0.15) is 0 Å². The summed E-state index contributed by atoms with van der Waals surface area (Å²) in [5, 5.41) is 2.33. The van der Waals surface area contributed by atoms with E-state index in [9.17, 15) is 0 Å². The maximum absolute atomic E-state index is 9.09. The summed E-state index contributed by atoms with van der Waals surface area (Å²) in [6.45, 7) is 6.17. The summed E-state index contributed by atoms with van der Waals surface area (Å²) in [6.07, 6.45) is 0. The normalized spacial score (nSPS) is 6.60. The molecule has 0 saturated heterocycles. The van der Waals surface area contributed by atoms with Crippen LogP contribution in [0, 0.1) is 11.8 Å². The van der Waals surface area contributed by atoms with Gasteiger partial charge in [0.25, 0.3) is 0 Å². The molecule has 0 aromatic heterocycles. The lowest BCUT2D eigenvalue weighted by atomic mass is 10.6. The summed E-state index contributed by atoms with van der Waals surface area (Å²) in [5.74, 6) is 0. The van der Waals surface area contributed by atoms with Crippen LogP contribution in [0.4, 0.5) is 0 Å². The average molecular weight is 70.1 g/mol. The lowest BCUT2D eigenvalue weighted by Gasteiger charge is -1.64. The molecule has 0 atom stereocenters. The van der Waals surface area contributed by atoms with Gasteiger partial charge in [-0.05, 0) is 12.1 Å². The predicted octanol–water partition coefficient (Wildman–Crippen LogP) is 1.10. The standard InChI is InChI=1S/C3H4NO/c1-3(2)4-5/h1-2H2. The number of hydrogen-bond acceptors (Lipinski definition) is 2. The molecular weight excluding hydrogens is 66.0 g/mol. The quantitative estimate of drug-likeness (QED) is 0.425. The van der Waals surface area contributed by atoms with E-state index in [1.54, 1.807) is 0 Å². The van der Waals surface area contributed by atoms with Gasteiger partial charge in [-0.25, -0.2) is 0 Å². The molecule has 0 unspecified atom stereocenters. The molecule has 0 N–H and O–H groups in total. The van der Waals surface area contributed by atoms with Gasteiger partial charge in [-0.15, -0.1) is 4.91 Å². The Morgan fingerprint density at radius 1 is 1.80 bits per heavy atom. The van der Waals surface area contributed by atoms with Crippen LogP contribution < -0.4 is 0 Å². The van der Waals surface area contributed by atoms with E-state index in [1.165, 1.54) is 0 Å². The first-order valence-electron chi connectivity index (χ1n) is 1.11. The number of allylic oxidation sites excluding steroid dienone is 1. The predicted molar refractivity (Wildman–Crippen MR) is 20.3 cm³/mol. The van der Waals surface area contributed by atoms with Crippen molar-refractivity contribution in [2.24, 2.45) is 5.18 Å². The van der Waals surface area contributed by atoms with Crippen LogP contribution in [0.3, 0.4) is 0 Å². The van der Waals surface area contributed by atoms with Crippen LogP contribution in [0.2, 0.25) is 0 Å². The highest BCUT2D eigenvalue weighted by molar-refractivity contribution is 4.92. The Bertz CT molecular complexity index is 57.9. The molecule has 0 fully saturated rings. The van der Waals surface area contributed by atoms with Gasteiger partial charge in [0.1, 0.15) is 0 Å². The third kappa shape index (κ3) is 3.34. The molecule has 0 aromatic carbocycles. The van der Waals surface area contributed by atoms with Gasteiger partial charge in [-0.3, -0.25) is 0 Å². The first-order valence-corrected chi connectivity index (χ1v) is 1.11. The number of nitroso groups, excluding NO2 is 1. The Kier molecular flexibility index (Phi) is 1.42. The molecule has 0 aliphatic rings. The van der Waals surface area contributed by atoms with Crippen molar-refractivity contribution < 1.29 is 0 Å². The molecule has 0 bridgehead atoms. The van der Waals surface area contributed by atoms with Crippen LogP contribution in [0.25, 0.3) is 0 Å². The molecular formula is C3H4NO. The second-order valence-electron chi connectivity index (χ2n) is 0.658. The van der Waals surface area contributed by atoms with Gasteiger partial charge in [0.15, 0.2) is 0 Å². The molecule has 0 aliphatic carbocycles. The van der Waals surface area contributed by atoms with Gasteiger partial charge in [0, 0.05) is 0 Å². The second kappa shape index (κ2) is 1.64. The van der Waals surface area contributed by atoms with Crippen LogP contribution in [0.15, 0.2) is 17.5 Å². The molecule has 0 aromatic rings. The molecule has 2 heteroatoms. The van der Waals surface area contributed by atoms with Crippen molar-refractivity contribution in [3.8, 4) is 0 Å². The Hall–Kier alpha value is -0.660. The first-order chi connectivity index (χ1) is 2.27. The number of hydrogen-bond donors (Lipinski definition) is 0. The third-order valence-corrected chi connectivity index (χ3v) is 0.129. The van der Waals surface area contributed by atoms with E-state index in [0.29, 0.717) is 0 Å². The largest absolute Gasteiger partial charge is 0.145 e. The fraction of sp³-hybridized carbons (Fsp3) is 0. The van der Waals surface area contributed by atoms with Crippen molar-refractivity contribution in [1.82, 2.24) is 0 Å². The van der Waals surface area contributed by atoms with Gasteiger partial charge in [-0.2, -0.15) is 0 Å². The molecule has 2 nitrogen and oxygen atoms in total. The van der Waals surface area contributed by atoms with Crippen LogP contribution >= 0.6 is 0 Å². The minimum absolute atomic E-state index is 0.0741. The highest BCUT2D eigenvalue weighted by Gasteiger charge is 1.67. The molecule has 27 valence electrons. The molecule has 0 spiro atoms. The Morgan fingerprint density at radius 2 is 2.00 bits per heavy atom. The van der Waals surface area contributed by atoms with Gasteiger partial charge >= 0.3 is 0 Å². The molecule has 0 rings (SSSR count). The Morgan fingerprint density at radius 3 is 2.00 bits per heavy atom. The van der Waals surface area contributed by atoms with Crippen LogP contribution in [-0.2, 0) is 0 Å². The summed E-state index contributed by atoms with van der Waals surface area (Å²) >= 11 is 0. The maximum Gasteiger partial charge on any atom is 0.0781 e. The smallest absolute Gasteiger partial charge is 0.0781 e. The van der Waals surface area contributed by atoms with Crippen molar-refractivity contribution in [3.05, 3.63) is 24.1 Å². The van der Waals surface area contributed by atoms with E-state index < -0.39 is 0 Å². The Balaban J connectivity index is 3.20. The SMILES string of the molecule is [CH2]C(=C)N=O. The fourth-order valence-electron chi connectivity index (χ4n) is 0. The summed E-state index contributed by atoms with van der Waals surface area (Å²) in [7, 11) is 0. The molecule has 5 heavy (non-hydrogen) atoms. The Labute approximate surface area is 30.5 Å². The van der Waals surface area contributed by atoms with Crippen molar-refractivity contribution in [2.75, 3.05) is 0 Å². The summed E-state index contributed by atoms with van der Waals surface area (Å²) in [4.78, 5) is 9.09. The molecule has 0 amide bonds. The molecule has 0 saturated carbocycles. The monoisotopic (exact) mass is 70.0 g/mol. The van der Waals surface area contributed by atoms with Gasteiger partial charge in [-0.1, -0.05) is 6.58 Å². The van der Waals surface area contributed by atoms with Crippen LogP contribution in [0.5, 0.6) is 0 Å². The second-order valence-corrected chi connectivity index (χ2v) is 0.658. The third-order valence-electron chi connectivity index (χ3n) is 0.129. The molecule has 0 heterocycles. The van der Waals surface area contributed by atoms with E-state index in [-0.39, 0.29) is 5.70 Å². The van der Waals surface area contributed by atoms with Crippen molar-refractivity contribution in [1.29, 1.82) is 0 Å². The topological polar surface area (TPSA) is 29.4 Å². The van der Waals surface area contributed by atoms with E-state index in [1.807, 2.05) is 0 Å². The summed E-state index contributed by atoms with van der Waals surface area (Å²) in [6, 6.07) is 0. The zero-order valence-corrected chi connectivity index (χ0v) is 2.77. The minimum Gasteiger partial charge on any atom is -0.145 e. The maximum atomic E-state index is 9.09. The first kappa shape index (κ1) is 4.34. The van der Waals surface area contributed by atoms with E-state index >= 15 is 0 Å². The van der Waals surface area contributed by atoms with Crippen molar-refractivity contribution in [2.45, 2.75) is 0 Å². The fourth-order valence-corrected chi connectivity index (χ4v) is 0. The summed E-state index contributed by atoms with van der Waals surface area (Å²) in [5.41, 5.74) is 0.0741. The molecule has 0 aliphatic heterocycles. The van der Waals surface area contributed by atoms with Crippen molar-refractivity contribution in [3.63, 3.8) is 0 Å². The van der Waals surface area contributed by atoms with Crippen LogP contribution in [-0.4, -0.2) is 0 Å². The lowest BCUT2D eigenvalue weighted by Crippen LogP contribution is -1.51. The van der Waals surface area contributed by atoms with E-state index in [0.717, 1.165) is 0 Å². The lowest BCUT2D eigenvalue weighted by molar-refractivity contribution is 1.41. The van der Waals surface area contributed by atoms with E-state index in [4.69, 9.17) is 4.91 Å². The average Bonchev–Trinajstić information content (AvgIpc) is 1.38. The zero-order chi connectivity index (χ0) is 4.28. The molecule has 1 radical (unpaired) electrons.